The lowest BCUT2D eigenvalue weighted by Crippen LogP contribution is -2.43. The number of carbonyl (C=O) groups is 1. The van der Waals surface area contributed by atoms with Crippen LogP contribution < -0.4 is 11.1 Å². The van der Waals surface area contributed by atoms with E-state index in [0.717, 1.165) is 58.3 Å². The Bertz CT molecular complexity index is 1550. The number of likely N-dealkylation sites (N-methyl/N-ethyl adjacent to an activating group) is 1. The van der Waals surface area contributed by atoms with Gasteiger partial charge in [-0.05, 0) is 49.7 Å². The van der Waals surface area contributed by atoms with Crippen molar-refractivity contribution in [1.82, 2.24) is 34.6 Å². The van der Waals surface area contributed by atoms with Gasteiger partial charge in [-0.2, -0.15) is 10.2 Å². The van der Waals surface area contributed by atoms with Gasteiger partial charge in [0.1, 0.15) is 11.8 Å². The van der Waals surface area contributed by atoms with Crippen molar-refractivity contribution in [1.29, 1.82) is 0 Å². The number of anilines is 1. The molecule has 2 aromatic carbocycles. The van der Waals surface area contributed by atoms with Crippen LogP contribution >= 0.6 is 0 Å². The summed E-state index contributed by atoms with van der Waals surface area (Å²) in [6.07, 6.45) is 5.46. The number of nitrogens with two attached hydrogens (primary N) is 1. The predicted molar refractivity (Wildman–Crippen MR) is 140 cm³/mol. The number of piperidine rings is 1. The molecule has 1 unspecified atom stereocenters. The molecule has 0 bridgehead atoms. The molecule has 4 heterocycles. The fourth-order valence-electron chi connectivity index (χ4n) is 5.21. The number of nitrogens with zero attached hydrogens (tertiary/aromatic N) is 6. The first kappa shape index (κ1) is 22.2. The third-order valence-electron chi connectivity index (χ3n) is 6.97. The van der Waals surface area contributed by atoms with Gasteiger partial charge in [0.25, 0.3) is 0 Å². The van der Waals surface area contributed by atoms with Gasteiger partial charge in [-0.15, -0.1) is 0 Å². The monoisotopic (exact) mass is 480 g/mol. The van der Waals surface area contributed by atoms with Gasteiger partial charge in [-0.1, -0.05) is 30.3 Å². The molecule has 6 rings (SSSR count). The lowest BCUT2D eigenvalue weighted by atomic mass is 9.94. The molecule has 3 N–H and O–H groups in total. The van der Waals surface area contributed by atoms with E-state index in [0.29, 0.717) is 18.9 Å². The van der Waals surface area contributed by atoms with Gasteiger partial charge in [0.05, 0.1) is 17.7 Å². The van der Waals surface area contributed by atoms with Crippen LogP contribution in [0.25, 0.3) is 33.2 Å². The van der Waals surface area contributed by atoms with Crippen molar-refractivity contribution in [2.45, 2.75) is 18.8 Å². The molecule has 182 valence electrons. The molecule has 9 heteroatoms. The number of likely N-dealkylation sites (tertiary alicyclic amines) is 1. The summed E-state index contributed by atoms with van der Waals surface area (Å²) in [7, 11) is 1.80. The van der Waals surface area contributed by atoms with Gasteiger partial charge >= 0.3 is 0 Å². The first-order valence-corrected chi connectivity index (χ1v) is 12.2. The number of hydrogen-bond acceptors (Lipinski definition) is 6. The Morgan fingerprint density at radius 1 is 1.17 bits per heavy atom. The Hall–Kier alpha value is -4.24. The van der Waals surface area contributed by atoms with Crippen LogP contribution in [0.2, 0.25) is 0 Å². The average Bonchev–Trinajstić information content (AvgIpc) is 3.52. The van der Waals surface area contributed by atoms with E-state index in [-0.39, 0.29) is 11.8 Å². The Kier molecular flexibility index (Phi) is 5.61. The summed E-state index contributed by atoms with van der Waals surface area (Å²) in [6.45, 7) is 1.79. The molecule has 0 spiro atoms. The van der Waals surface area contributed by atoms with E-state index in [1.807, 2.05) is 50.6 Å². The summed E-state index contributed by atoms with van der Waals surface area (Å²) in [5.74, 6) is 0.716. The number of nitrogen functional groups attached to an aromatic ring is 1. The third kappa shape index (κ3) is 3.87. The molecule has 1 aliphatic rings. The largest absolute Gasteiger partial charge is 0.382 e. The summed E-state index contributed by atoms with van der Waals surface area (Å²) >= 11 is 0. The number of hydrogen-bond donors (Lipinski definition) is 2. The highest BCUT2D eigenvalue weighted by Gasteiger charge is 2.28. The lowest BCUT2D eigenvalue weighted by Gasteiger charge is -2.32. The minimum absolute atomic E-state index is 0.122. The van der Waals surface area contributed by atoms with E-state index >= 15 is 0 Å². The lowest BCUT2D eigenvalue weighted by molar-refractivity contribution is -0.131. The molecule has 1 amide bonds. The van der Waals surface area contributed by atoms with Crippen molar-refractivity contribution < 1.29 is 4.79 Å². The highest BCUT2D eigenvalue weighted by molar-refractivity contribution is 5.92. The smallest absolute Gasteiger partial charge is 0.236 e. The van der Waals surface area contributed by atoms with Crippen LogP contribution in [0.15, 0.2) is 67.1 Å². The fraction of sp³-hybridized carbons (Fsp3) is 0.259. The topological polar surface area (TPSA) is 106 Å². The van der Waals surface area contributed by atoms with Gasteiger partial charge in [0, 0.05) is 41.8 Å². The van der Waals surface area contributed by atoms with E-state index in [4.69, 9.17) is 10.8 Å². The quantitative estimate of drug-likeness (QED) is 0.400. The van der Waals surface area contributed by atoms with Crippen LogP contribution in [0, 0.1) is 0 Å². The zero-order valence-corrected chi connectivity index (χ0v) is 20.1. The Labute approximate surface area is 208 Å². The highest BCUT2D eigenvalue weighted by Crippen LogP contribution is 2.37. The molecule has 1 saturated heterocycles. The van der Waals surface area contributed by atoms with Crippen molar-refractivity contribution in [2.24, 2.45) is 0 Å². The van der Waals surface area contributed by atoms with Gasteiger partial charge in [-0.25, -0.2) is 14.2 Å². The van der Waals surface area contributed by atoms with E-state index in [1.165, 1.54) is 6.33 Å². The zero-order valence-electron chi connectivity index (χ0n) is 20.1. The summed E-state index contributed by atoms with van der Waals surface area (Å²) < 4.78 is 3.80. The second-order valence-electron chi connectivity index (χ2n) is 9.28. The molecule has 5 aromatic rings. The molecule has 1 fully saturated rings. The molecule has 1 aliphatic heterocycles. The first-order chi connectivity index (χ1) is 17.6. The summed E-state index contributed by atoms with van der Waals surface area (Å²) in [4.78, 5) is 18.8. The van der Waals surface area contributed by atoms with Crippen LogP contribution in [0.3, 0.4) is 0 Å². The van der Waals surface area contributed by atoms with E-state index in [9.17, 15) is 4.79 Å². The second kappa shape index (κ2) is 9.09. The number of para-hydroxylation sites is 1. The maximum absolute atomic E-state index is 12.6. The van der Waals surface area contributed by atoms with E-state index in [1.54, 1.807) is 7.05 Å². The molecule has 0 saturated carbocycles. The number of amides is 1. The summed E-state index contributed by atoms with van der Waals surface area (Å²) in [5.41, 5.74) is 12.1. The van der Waals surface area contributed by atoms with Crippen LogP contribution in [0.5, 0.6) is 0 Å². The minimum atomic E-state index is 0.122. The van der Waals surface area contributed by atoms with Crippen LogP contribution in [-0.2, 0) is 4.79 Å². The standard InChI is InChI=1S/C27H28N8O/c1-29-14-25(36)33-11-5-6-20(15-33)24-13-22(26-27(28)30-17-31-35(24)26)18-9-10-19-16-34(32-23(19)12-18)21-7-3-2-4-8-21/h2-4,7-10,12-13,16-17,20,29H,5-6,11,14-15H2,1H3,(H2,28,30,31). The molecular weight excluding hydrogens is 452 g/mol. The Morgan fingerprint density at radius 3 is 2.86 bits per heavy atom. The number of nitrogens with one attached hydrogen (secondary N) is 1. The number of carbonyl (C=O) groups excluding carboxylic acids is 1. The second-order valence-corrected chi connectivity index (χ2v) is 9.28. The van der Waals surface area contributed by atoms with E-state index < -0.39 is 0 Å². The molecule has 1 atom stereocenters. The first-order valence-electron chi connectivity index (χ1n) is 12.2. The fourth-order valence-corrected chi connectivity index (χ4v) is 5.21. The van der Waals surface area contributed by atoms with Crippen molar-refractivity contribution in [3.05, 3.63) is 72.8 Å². The summed E-state index contributed by atoms with van der Waals surface area (Å²) in [6, 6.07) is 18.5. The molecule has 3 aromatic heterocycles. The SMILES string of the molecule is CNCC(=O)N1CCCC(c2cc(-c3ccc4cn(-c5ccccc5)nc4c3)c3c(N)ncnn23)C1. The molecule has 0 radical (unpaired) electrons. The highest BCUT2D eigenvalue weighted by atomic mass is 16.2. The Morgan fingerprint density at radius 2 is 2.03 bits per heavy atom. The number of fused-ring (bicyclic) bond motifs is 2. The molecule has 36 heavy (non-hydrogen) atoms. The van der Waals surface area contributed by atoms with E-state index in [2.05, 4.69) is 39.7 Å². The van der Waals surface area contributed by atoms with Gasteiger partial charge in [-0.3, -0.25) is 4.79 Å². The average molecular weight is 481 g/mol. The number of benzene rings is 2. The third-order valence-corrected chi connectivity index (χ3v) is 6.97. The van der Waals surface area contributed by atoms with Crippen LogP contribution in [0.1, 0.15) is 24.5 Å². The van der Waals surface area contributed by atoms with Crippen molar-refractivity contribution >= 4 is 28.1 Å². The van der Waals surface area contributed by atoms with Gasteiger partial charge in [0.15, 0.2) is 5.82 Å². The maximum atomic E-state index is 12.6. The van der Waals surface area contributed by atoms with Crippen molar-refractivity contribution in [2.75, 3.05) is 32.4 Å². The summed E-state index contributed by atoms with van der Waals surface area (Å²) in [5, 5.41) is 13.4. The molecule has 0 aliphatic carbocycles. The molecular formula is C27H28N8O. The Balaban J connectivity index is 1.42. The van der Waals surface area contributed by atoms with Crippen LogP contribution in [0.4, 0.5) is 5.82 Å². The molecule has 9 nitrogen and oxygen atoms in total. The van der Waals surface area contributed by atoms with Crippen molar-refractivity contribution in [3.63, 3.8) is 0 Å². The predicted octanol–water partition coefficient (Wildman–Crippen LogP) is 3.24. The van der Waals surface area contributed by atoms with Crippen molar-refractivity contribution in [3.8, 4) is 16.8 Å². The zero-order chi connectivity index (χ0) is 24.6. The normalized spacial score (nSPS) is 16.1. The minimum Gasteiger partial charge on any atom is -0.382 e. The van der Waals surface area contributed by atoms with Crippen LogP contribution in [-0.4, -0.2) is 61.9 Å². The van der Waals surface area contributed by atoms with Gasteiger partial charge < -0.3 is 16.0 Å². The number of aromatic nitrogens is 5. The maximum Gasteiger partial charge on any atom is 0.236 e. The number of rotatable bonds is 5. The van der Waals surface area contributed by atoms with Gasteiger partial charge in [0.2, 0.25) is 5.91 Å².